The summed E-state index contributed by atoms with van der Waals surface area (Å²) in [5.74, 6) is -0.870. The Balaban J connectivity index is 2.23. The maximum atomic E-state index is 13.2. The number of anilines is 1. The zero-order valence-electron chi connectivity index (χ0n) is 10.8. The largest absolute Gasteiger partial charge is 0.497 e. The minimum atomic E-state index is -1.08. The number of halogens is 1. The Morgan fingerprint density at radius 2 is 1.95 bits per heavy atom. The van der Waals surface area contributed by atoms with Gasteiger partial charge in [0, 0.05) is 5.69 Å². The normalized spacial score (nSPS) is 11.7. The summed E-state index contributed by atoms with van der Waals surface area (Å²) < 4.78 is 18.2. The maximum Gasteiger partial charge on any atom is 0.330 e. The summed E-state index contributed by atoms with van der Waals surface area (Å²) in [6.45, 7) is 0. The number of rotatable bonds is 5. The molecule has 20 heavy (non-hydrogen) atoms. The van der Waals surface area contributed by atoms with Crippen LogP contribution in [0.1, 0.15) is 11.6 Å². The molecule has 0 radical (unpaired) electrons. The number of nitrogens with one attached hydrogen (secondary N) is 1. The molecule has 0 spiro atoms. The molecule has 2 rings (SSSR count). The molecule has 0 bridgehead atoms. The van der Waals surface area contributed by atoms with E-state index in [0.717, 1.165) is 0 Å². The molecule has 0 aliphatic carbocycles. The first-order valence-corrected chi connectivity index (χ1v) is 5.99. The number of carboxylic acids is 1. The van der Waals surface area contributed by atoms with Crippen LogP contribution in [-0.2, 0) is 4.79 Å². The van der Waals surface area contributed by atoms with Crippen molar-refractivity contribution >= 4 is 11.7 Å². The van der Waals surface area contributed by atoms with Gasteiger partial charge in [-0.2, -0.15) is 0 Å². The summed E-state index contributed by atoms with van der Waals surface area (Å²) in [5.41, 5.74) is 0.968. The highest BCUT2D eigenvalue weighted by molar-refractivity contribution is 5.79. The van der Waals surface area contributed by atoms with Gasteiger partial charge < -0.3 is 15.2 Å². The van der Waals surface area contributed by atoms with Gasteiger partial charge in [-0.05, 0) is 42.0 Å². The third-order valence-electron chi connectivity index (χ3n) is 2.83. The fraction of sp³-hybridized carbons (Fsp3) is 0.133. The second-order valence-corrected chi connectivity index (χ2v) is 4.20. The fourth-order valence-electron chi connectivity index (χ4n) is 1.83. The molecule has 0 amide bonds. The van der Waals surface area contributed by atoms with E-state index in [1.165, 1.54) is 18.2 Å². The number of carboxylic acid groups (broad SMARTS) is 1. The highest BCUT2D eigenvalue weighted by Crippen LogP contribution is 2.22. The lowest BCUT2D eigenvalue weighted by Gasteiger charge is -2.16. The summed E-state index contributed by atoms with van der Waals surface area (Å²) in [7, 11) is 1.55. The number of carbonyl (C=O) groups is 1. The first kappa shape index (κ1) is 13.9. The van der Waals surface area contributed by atoms with Crippen LogP contribution in [0.15, 0.2) is 48.5 Å². The Morgan fingerprint density at radius 1 is 1.25 bits per heavy atom. The van der Waals surface area contributed by atoms with Gasteiger partial charge in [0.05, 0.1) is 7.11 Å². The molecule has 0 aliphatic rings. The van der Waals surface area contributed by atoms with Crippen LogP contribution in [0, 0.1) is 5.82 Å². The highest BCUT2D eigenvalue weighted by Gasteiger charge is 2.19. The molecule has 4 nitrogen and oxygen atoms in total. The third-order valence-corrected chi connectivity index (χ3v) is 2.83. The van der Waals surface area contributed by atoms with Crippen LogP contribution in [0.25, 0.3) is 0 Å². The number of methoxy groups -OCH3 is 1. The zero-order chi connectivity index (χ0) is 14.5. The number of aliphatic carboxylic acids is 1. The molecule has 0 aliphatic heterocycles. The van der Waals surface area contributed by atoms with E-state index in [1.807, 2.05) is 0 Å². The molecular weight excluding hydrogens is 261 g/mol. The van der Waals surface area contributed by atoms with Crippen molar-refractivity contribution in [1.29, 1.82) is 0 Å². The van der Waals surface area contributed by atoms with Crippen LogP contribution >= 0.6 is 0 Å². The Kier molecular flexibility index (Phi) is 4.20. The Bertz CT molecular complexity index is 598. The van der Waals surface area contributed by atoms with E-state index in [0.29, 0.717) is 17.0 Å². The van der Waals surface area contributed by atoms with E-state index >= 15 is 0 Å². The van der Waals surface area contributed by atoms with Crippen LogP contribution in [0.4, 0.5) is 10.1 Å². The van der Waals surface area contributed by atoms with Gasteiger partial charge in [-0.3, -0.25) is 0 Å². The SMILES string of the molecule is COc1ccc(NC(C(=O)O)c2cccc(F)c2)cc1. The van der Waals surface area contributed by atoms with E-state index in [9.17, 15) is 14.3 Å². The van der Waals surface area contributed by atoms with Gasteiger partial charge in [-0.25, -0.2) is 9.18 Å². The lowest BCUT2D eigenvalue weighted by atomic mass is 10.1. The molecule has 104 valence electrons. The van der Waals surface area contributed by atoms with Crippen molar-refractivity contribution in [2.75, 3.05) is 12.4 Å². The minimum absolute atomic E-state index is 0.355. The van der Waals surface area contributed by atoms with Crippen LogP contribution in [0.3, 0.4) is 0 Å². The van der Waals surface area contributed by atoms with Crippen LogP contribution in [0.5, 0.6) is 5.75 Å². The average Bonchev–Trinajstić information content (AvgIpc) is 2.45. The van der Waals surface area contributed by atoms with Crippen LogP contribution in [-0.4, -0.2) is 18.2 Å². The molecule has 0 saturated heterocycles. The van der Waals surface area contributed by atoms with Crippen molar-refractivity contribution in [3.05, 3.63) is 59.9 Å². The van der Waals surface area contributed by atoms with Crippen molar-refractivity contribution < 1.29 is 19.0 Å². The quantitative estimate of drug-likeness (QED) is 0.880. The monoisotopic (exact) mass is 275 g/mol. The number of ether oxygens (including phenoxy) is 1. The number of hydrogen-bond donors (Lipinski definition) is 2. The summed E-state index contributed by atoms with van der Waals surface area (Å²) in [4.78, 5) is 11.3. The third kappa shape index (κ3) is 3.26. The molecule has 0 heterocycles. The fourth-order valence-corrected chi connectivity index (χ4v) is 1.83. The molecule has 1 atom stereocenters. The van der Waals surface area contributed by atoms with E-state index in [1.54, 1.807) is 37.4 Å². The lowest BCUT2D eigenvalue weighted by molar-refractivity contribution is -0.138. The molecule has 0 aromatic heterocycles. The highest BCUT2D eigenvalue weighted by atomic mass is 19.1. The lowest BCUT2D eigenvalue weighted by Crippen LogP contribution is -2.20. The van der Waals surface area contributed by atoms with Crippen molar-refractivity contribution in [1.82, 2.24) is 0 Å². The Labute approximate surface area is 115 Å². The van der Waals surface area contributed by atoms with Gasteiger partial charge in [0.25, 0.3) is 0 Å². The predicted octanol–water partition coefficient (Wildman–Crippen LogP) is 3.07. The standard InChI is InChI=1S/C15H14FNO3/c1-20-13-7-5-12(6-8-13)17-14(15(18)19)10-3-2-4-11(16)9-10/h2-9,14,17H,1H3,(H,18,19). The van der Waals surface area contributed by atoms with Crippen molar-refractivity contribution in [3.8, 4) is 5.75 Å². The van der Waals surface area contributed by atoms with Gasteiger partial charge in [-0.1, -0.05) is 12.1 Å². The second kappa shape index (κ2) is 6.06. The molecule has 1 unspecified atom stereocenters. The van der Waals surface area contributed by atoms with Gasteiger partial charge in [0.15, 0.2) is 6.04 Å². The summed E-state index contributed by atoms with van der Waals surface area (Å²) in [6, 6.07) is 11.3. The average molecular weight is 275 g/mol. The Hall–Kier alpha value is -2.56. The molecule has 2 aromatic carbocycles. The minimum Gasteiger partial charge on any atom is -0.497 e. The molecular formula is C15H14FNO3. The Morgan fingerprint density at radius 3 is 2.50 bits per heavy atom. The van der Waals surface area contributed by atoms with Gasteiger partial charge in [-0.15, -0.1) is 0 Å². The summed E-state index contributed by atoms with van der Waals surface area (Å²) >= 11 is 0. The summed E-state index contributed by atoms with van der Waals surface area (Å²) in [6.07, 6.45) is 0. The molecule has 0 fully saturated rings. The topological polar surface area (TPSA) is 58.6 Å². The number of hydrogen-bond acceptors (Lipinski definition) is 3. The predicted molar refractivity (Wildman–Crippen MR) is 73.4 cm³/mol. The zero-order valence-corrected chi connectivity index (χ0v) is 10.8. The second-order valence-electron chi connectivity index (χ2n) is 4.20. The summed E-state index contributed by atoms with van der Waals surface area (Å²) in [5, 5.41) is 12.1. The van der Waals surface area contributed by atoms with E-state index < -0.39 is 17.8 Å². The molecule has 2 N–H and O–H groups in total. The first-order valence-electron chi connectivity index (χ1n) is 5.99. The maximum absolute atomic E-state index is 13.2. The van der Waals surface area contributed by atoms with Crippen LogP contribution < -0.4 is 10.1 Å². The van der Waals surface area contributed by atoms with Crippen LogP contribution in [0.2, 0.25) is 0 Å². The molecule has 2 aromatic rings. The van der Waals surface area contributed by atoms with E-state index in [4.69, 9.17) is 4.74 Å². The molecule has 0 saturated carbocycles. The van der Waals surface area contributed by atoms with Crippen molar-refractivity contribution in [2.24, 2.45) is 0 Å². The van der Waals surface area contributed by atoms with Crippen molar-refractivity contribution in [3.63, 3.8) is 0 Å². The smallest absolute Gasteiger partial charge is 0.330 e. The van der Waals surface area contributed by atoms with Crippen molar-refractivity contribution in [2.45, 2.75) is 6.04 Å². The van der Waals surface area contributed by atoms with Gasteiger partial charge >= 0.3 is 5.97 Å². The van der Waals surface area contributed by atoms with E-state index in [-0.39, 0.29) is 0 Å². The van der Waals surface area contributed by atoms with Gasteiger partial charge in [0.1, 0.15) is 11.6 Å². The number of benzene rings is 2. The van der Waals surface area contributed by atoms with E-state index in [2.05, 4.69) is 5.32 Å². The first-order chi connectivity index (χ1) is 9.60. The van der Waals surface area contributed by atoms with Gasteiger partial charge in [0.2, 0.25) is 0 Å². The molecule has 5 heteroatoms.